The minimum atomic E-state index is 0.202. The molecule has 2 atom stereocenters. The molecular formula is C14H15Cl3O. The number of hydrogen-bond donors (Lipinski definition) is 0. The van der Waals surface area contributed by atoms with E-state index in [0.29, 0.717) is 10.0 Å². The van der Waals surface area contributed by atoms with E-state index in [1.165, 1.54) is 25.7 Å². The van der Waals surface area contributed by atoms with Crippen LogP contribution >= 0.6 is 34.8 Å². The Morgan fingerprint density at radius 1 is 1.11 bits per heavy atom. The average molecular weight is 306 g/mol. The first kappa shape index (κ1) is 12.9. The van der Waals surface area contributed by atoms with Crippen LogP contribution in [0.25, 0.3) is 0 Å². The smallest absolute Gasteiger partial charge is 0.121 e. The number of ether oxygens (including phenoxy) is 1. The summed E-state index contributed by atoms with van der Waals surface area (Å²) >= 11 is 18.3. The molecule has 2 aliphatic carbocycles. The number of halogens is 3. The van der Waals surface area contributed by atoms with Crippen LogP contribution < -0.4 is 4.74 Å². The van der Waals surface area contributed by atoms with E-state index in [4.69, 9.17) is 39.5 Å². The van der Waals surface area contributed by atoms with Crippen molar-refractivity contribution in [3.63, 3.8) is 0 Å². The molecule has 0 radical (unpaired) electrons. The van der Waals surface area contributed by atoms with Gasteiger partial charge in [-0.3, -0.25) is 0 Å². The lowest BCUT2D eigenvalue weighted by Crippen LogP contribution is -2.55. The topological polar surface area (TPSA) is 9.23 Å². The summed E-state index contributed by atoms with van der Waals surface area (Å²) in [6, 6.07) is 5.43. The summed E-state index contributed by atoms with van der Waals surface area (Å²) in [6.45, 7) is 0. The molecule has 1 spiro atoms. The zero-order valence-corrected chi connectivity index (χ0v) is 12.2. The molecule has 0 N–H and O–H groups in total. The quantitative estimate of drug-likeness (QED) is 0.673. The Bertz CT molecular complexity index is 454. The molecule has 98 valence electrons. The second kappa shape index (κ2) is 4.77. The van der Waals surface area contributed by atoms with Crippen molar-refractivity contribution in [2.75, 3.05) is 0 Å². The molecule has 2 aliphatic rings. The highest BCUT2D eigenvalue weighted by atomic mass is 35.5. The largest absolute Gasteiger partial charge is 0.490 e. The minimum Gasteiger partial charge on any atom is -0.490 e. The van der Waals surface area contributed by atoms with Crippen molar-refractivity contribution in [2.45, 2.75) is 43.6 Å². The van der Waals surface area contributed by atoms with E-state index in [-0.39, 0.29) is 16.9 Å². The second-order valence-corrected chi connectivity index (χ2v) is 6.67. The summed E-state index contributed by atoms with van der Waals surface area (Å²) < 4.78 is 6.07. The normalized spacial score (nSPS) is 29.3. The zero-order chi connectivity index (χ0) is 12.8. The van der Waals surface area contributed by atoms with Crippen LogP contribution in [0.3, 0.4) is 0 Å². The van der Waals surface area contributed by atoms with Crippen LogP contribution in [0, 0.1) is 5.41 Å². The summed E-state index contributed by atoms with van der Waals surface area (Å²) in [5, 5.41) is 1.37. The highest BCUT2D eigenvalue weighted by Crippen LogP contribution is 2.57. The van der Waals surface area contributed by atoms with E-state index < -0.39 is 0 Å². The third kappa shape index (κ3) is 2.01. The maximum absolute atomic E-state index is 6.40. The van der Waals surface area contributed by atoms with Crippen molar-refractivity contribution in [3.8, 4) is 5.75 Å². The Labute approximate surface area is 122 Å². The summed E-state index contributed by atoms with van der Waals surface area (Å²) in [4.78, 5) is 0. The Morgan fingerprint density at radius 3 is 2.44 bits per heavy atom. The maximum Gasteiger partial charge on any atom is 0.121 e. The van der Waals surface area contributed by atoms with Crippen LogP contribution in [0.15, 0.2) is 18.2 Å². The van der Waals surface area contributed by atoms with E-state index >= 15 is 0 Å². The van der Waals surface area contributed by atoms with Crippen LogP contribution in [-0.4, -0.2) is 11.5 Å². The molecular weight excluding hydrogens is 291 g/mol. The molecule has 0 amide bonds. The molecule has 0 saturated heterocycles. The molecule has 18 heavy (non-hydrogen) atoms. The average Bonchev–Trinajstić information content (AvgIpc) is 2.85. The van der Waals surface area contributed by atoms with Gasteiger partial charge in [0, 0.05) is 23.3 Å². The van der Waals surface area contributed by atoms with Gasteiger partial charge in [0.1, 0.15) is 11.9 Å². The van der Waals surface area contributed by atoms with Gasteiger partial charge in [-0.05, 0) is 25.0 Å². The summed E-state index contributed by atoms with van der Waals surface area (Å²) in [6.07, 6.45) is 6.08. The van der Waals surface area contributed by atoms with E-state index in [2.05, 4.69) is 0 Å². The Balaban J connectivity index is 1.75. The molecule has 2 fully saturated rings. The van der Waals surface area contributed by atoms with Gasteiger partial charge in [-0.25, -0.2) is 0 Å². The van der Waals surface area contributed by atoms with Crippen molar-refractivity contribution in [1.82, 2.24) is 0 Å². The predicted molar refractivity (Wildman–Crippen MR) is 76.0 cm³/mol. The van der Waals surface area contributed by atoms with Gasteiger partial charge in [-0.15, -0.1) is 11.6 Å². The molecule has 0 heterocycles. The molecule has 0 aliphatic heterocycles. The van der Waals surface area contributed by atoms with Gasteiger partial charge in [0.25, 0.3) is 0 Å². The first-order valence-corrected chi connectivity index (χ1v) is 7.57. The summed E-state index contributed by atoms with van der Waals surface area (Å²) in [5.74, 6) is 0.796. The fourth-order valence-corrected chi connectivity index (χ4v) is 4.06. The Hall–Kier alpha value is -0.110. The number of alkyl halides is 1. The molecule has 0 bridgehead atoms. The lowest BCUT2D eigenvalue weighted by atomic mass is 9.64. The lowest BCUT2D eigenvalue weighted by Gasteiger charge is -2.50. The SMILES string of the molecule is Clc1ccc(OC2CC(Cl)C23CCCC3)cc1Cl. The van der Waals surface area contributed by atoms with Crippen molar-refractivity contribution < 1.29 is 4.74 Å². The third-order valence-electron chi connectivity index (χ3n) is 4.39. The molecule has 2 unspecified atom stereocenters. The van der Waals surface area contributed by atoms with E-state index in [0.717, 1.165) is 12.2 Å². The molecule has 2 saturated carbocycles. The fourth-order valence-electron chi connectivity index (χ4n) is 3.25. The van der Waals surface area contributed by atoms with E-state index in [9.17, 15) is 0 Å². The highest BCUT2D eigenvalue weighted by Gasteiger charge is 2.56. The molecule has 1 aromatic rings. The van der Waals surface area contributed by atoms with Gasteiger partial charge >= 0.3 is 0 Å². The summed E-state index contributed by atoms with van der Waals surface area (Å²) in [5.41, 5.74) is 0.202. The Kier molecular flexibility index (Phi) is 3.42. The van der Waals surface area contributed by atoms with Gasteiger partial charge in [0.05, 0.1) is 10.0 Å². The van der Waals surface area contributed by atoms with Crippen LogP contribution in [0.4, 0.5) is 0 Å². The van der Waals surface area contributed by atoms with Gasteiger partial charge in [0.2, 0.25) is 0 Å². The monoisotopic (exact) mass is 304 g/mol. The van der Waals surface area contributed by atoms with Crippen molar-refractivity contribution >= 4 is 34.8 Å². The van der Waals surface area contributed by atoms with Crippen LogP contribution in [-0.2, 0) is 0 Å². The molecule has 4 heteroatoms. The summed E-state index contributed by atoms with van der Waals surface area (Å²) in [7, 11) is 0. The number of benzene rings is 1. The third-order valence-corrected chi connectivity index (χ3v) is 5.74. The zero-order valence-electron chi connectivity index (χ0n) is 9.96. The van der Waals surface area contributed by atoms with Crippen LogP contribution in [0.1, 0.15) is 32.1 Å². The fraction of sp³-hybridized carbons (Fsp3) is 0.571. The number of rotatable bonds is 2. The van der Waals surface area contributed by atoms with E-state index in [1.807, 2.05) is 6.07 Å². The highest BCUT2D eigenvalue weighted by molar-refractivity contribution is 6.42. The molecule has 1 nitrogen and oxygen atoms in total. The van der Waals surface area contributed by atoms with Gasteiger partial charge in [-0.2, -0.15) is 0 Å². The molecule has 0 aromatic heterocycles. The van der Waals surface area contributed by atoms with Crippen molar-refractivity contribution in [3.05, 3.63) is 28.2 Å². The first-order chi connectivity index (χ1) is 8.62. The molecule has 1 aromatic carbocycles. The number of hydrogen-bond acceptors (Lipinski definition) is 1. The molecule has 3 rings (SSSR count). The van der Waals surface area contributed by atoms with Crippen molar-refractivity contribution in [1.29, 1.82) is 0 Å². The second-order valence-electron chi connectivity index (χ2n) is 5.33. The van der Waals surface area contributed by atoms with Gasteiger partial charge in [-0.1, -0.05) is 36.0 Å². The van der Waals surface area contributed by atoms with Crippen LogP contribution in [0.5, 0.6) is 5.75 Å². The minimum absolute atomic E-state index is 0.202. The lowest BCUT2D eigenvalue weighted by molar-refractivity contribution is -0.0355. The van der Waals surface area contributed by atoms with Crippen molar-refractivity contribution in [2.24, 2.45) is 5.41 Å². The standard InChI is InChI=1S/C14H15Cl3O/c15-10-4-3-9(7-11(10)16)18-13-8-12(17)14(13)5-1-2-6-14/h3-4,7,12-13H,1-2,5-6,8H2. The van der Waals surface area contributed by atoms with Crippen LogP contribution in [0.2, 0.25) is 10.0 Å². The predicted octanol–water partition coefficient (Wildman–Crippen LogP) is 5.31. The first-order valence-electron chi connectivity index (χ1n) is 6.37. The maximum atomic E-state index is 6.40. The Morgan fingerprint density at radius 2 is 1.83 bits per heavy atom. The van der Waals surface area contributed by atoms with Gasteiger partial charge in [0.15, 0.2) is 0 Å². The van der Waals surface area contributed by atoms with E-state index in [1.54, 1.807) is 12.1 Å². The van der Waals surface area contributed by atoms with Gasteiger partial charge < -0.3 is 4.74 Å².